The number of benzene rings is 1. The average molecular weight is 566 g/mol. The highest BCUT2D eigenvalue weighted by Gasteiger charge is 2.33. The molecule has 0 fully saturated rings. The summed E-state index contributed by atoms with van der Waals surface area (Å²) < 4.78 is 8.15. The topological polar surface area (TPSA) is 144 Å². The minimum atomic E-state index is -0.458. The lowest BCUT2D eigenvalue weighted by atomic mass is 10.0. The smallest absolute Gasteiger partial charge is 0.290 e. The average Bonchev–Trinajstić information content (AvgIpc) is 3.62. The molecule has 1 aliphatic carbocycles. The van der Waals surface area contributed by atoms with Crippen LogP contribution >= 0.6 is 0 Å². The Morgan fingerprint density at radius 3 is 2.48 bits per heavy atom. The van der Waals surface area contributed by atoms with Crippen LogP contribution in [0.15, 0.2) is 81.5 Å². The first-order valence-electron chi connectivity index (χ1n) is 13.3. The summed E-state index contributed by atoms with van der Waals surface area (Å²) in [6.45, 7) is 1.88. The Balaban J connectivity index is 1.18. The molecule has 4 heterocycles. The van der Waals surface area contributed by atoms with Crippen molar-refractivity contribution in [1.29, 1.82) is 0 Å². The zero-order chi connectivity index (χ0) is 29.5. The lowest BCUT2D eigenvalue weighted by molar-refractivity contribution is -0.112. The fraction of sp³-hybridized carbons (Fsp3) is 0.200. The molecule has 0 bridgehead atoms. The van der Waals surface area contributed by atoms with Gasteiger partial charge in [0.05, 0.1) is 12.1 Å². The van der Waals surface area contributed by atoms with Gasteiger partial charge >= 0.3 is 0 Å². The van der Waals surface area contributed by atoms with E-state index in [0.29, 0.717) is 63.6 Å². The molecule has 2 aliphatic rings. The third-order valence-electron chi connectivity index (χ3n) is 7.26. The number of aryl methyl sites for hydroxylation is 3. The molecule has 42 heavy (non-hydrogen) atoms. The molecule has 12 heteroatoms. The van der Waals surface area contributed by atoms with Crippen molar-refractivity contribution in [3.63, 3.8) is 0 Å². The predicted molar refractivity (Wildman–Crippen MR) is 154 cm³/mol. The minimum Gasteiger partial charge on any atom is -0.381 e. The molecular formula is C30H27N7O5. The van der Waals surface area contributed by atoms with Gasteiger partial charge in [0.15, 0.2) is 5.82 Å². The van der Waals surface area contributed by atoms with E-state index in [-0.39, 0.29) is 29.6 Å². The van der Waals surface area contributed by atoms with Crippen LogP contribution in [0.1, 0.15) is 45.0 Å². The van der Waals surface area contributed by atoms with Crippen molar-refractivity contribution in [2.45, 2.75) is 26.3 Å². The van der Waals surface area contributed by atoms with E-state index in [0.717, 1.165) is 0 Å². The molecule has 4 aromatic rings. The molecule has 3 aromatic heterocycles. The van der Waals surface area contributed by atoms with Gasteiger partial charge < -0.3 is 20.1 Å². The monoisotopic (exact) mass is 565 g/mol. The Kier molecular flexibility index (Phi) is 6.65. The van der Waals surface area contributed by atoms with Gasteiger partial charge in [0.25, 0.3) is 23.3 Å². The second-order valence-corrected chi connectivity index (χ2v) is 10.1. The number of rotatable bonds is 6. The molecule has 1 aliphatic heterocycles. The summed E-state index contributed by atoms with van der Waals surface area (Å²) >= 11 is 0. The van der Waals surface area contributed by atoms with Crippen molar-refractivity contribution in [3.05, 3.63) is 105 Å². The van der Waals surface area contributed by atoms with Crippen molar-refractivity contribution >= 4 is 29.2 Å². The molecule has 0 atom stereocenters. The van der Waals surface area contributed by atoms with E-state index < -0.39 is 5.91 Å². The number of carbonyl (C=O) groups excluding carboxylic acids is 3. The highest BCUT2D eigenvalue weighted by atomic mass is 16.5. The van der Waals surface area contributed by atoms with Crippen LogP contribution in [0.4, 0.5) is 11.5 Å². The van der Waals surface area contributed by atoms with Gasteiger partial charge in [0.2, 0.25) is 0 Å². The molecule has 212 valence electrons. The Labute approximate surface area is 239 Å². The first-order chi connectivity index (χ1) is 20.2. The van der Waals surface area contributed by atoms with E-state index in [4.69, 9.17) is 4.52 Å². The van der Waals surface area contributed by atoms with Gasteiger partial charge in [-0.25, -0.2) is 0 Å². The Morgan fingerprint density at radius 2 is 1.79 bits per heavy atom. The Hall–Kier alpha value is -5.52. The molecule has 0 spiro atoms. The number of fused-ring (bicyclic) bond motifs is 1. The van der Waals surface area contributed by atoms with Gasteiger partial charge in [-0.3, -0.25) is 28.8 Å². The molecular weight excluding hydrogens is 538 g/mol. The molecule has 2 N–H and O–H groups in total. The summed E-state index contributed by atoms with van der Waals surface area (Å²) in [6, 6.07) is 10.3. The van der Waals surface area contributed by atoms with Crippen molar-refractivity contribution in [1.82, 2.24) is 24.8 Å². The van der Waals surface area contributed by atoms with Gasteiger partial charge in [0, 0.05) is 60.6 Å². The first kappa shape index (κ1) is 26.7. The molecule has 0 saturated heterocycles. The maximum Gasteiger partial charge on any atom is 0.290 e. The largest absolute Gasteiger partial charge is 0.381 e. The summed E-state index contributed by atoms with van der Waals surface area (Å²) in [4.78, 5) is 57.7. The lowest BCUT2D eigenvalue weighted by Gasteiger charge is -2.17. The van der Waals surface area contributed by atoms with E-state index in [1.807, 2.05) is 0 Å². The van der Waals surface area contributed by atoms with Crippen molar-refractivity contribution in [3.8, 4) is 11.1 Å². The van der Waals surface area contributed by atoms with Crippen molar-refractivity contribution in [2.75, 3.05) is 10.2 Å². The SMILES string of the molecule is Cc1on(C)c(=O)c1-c1ccc(N2Cc3c(ccnc3C(=O)NC3=CC(C(=O)Nc4ccn(C)n4)=CCC3)C2=O)cc1. The third kappa shape index (κ3) is 4.83. The molecule has 0 radical (unpaired) electrons. The number of hydrogen-bond donors (Lipinski definition) is 2. The third-order valence-corrected chi connectivity index (χ3v) is 7.26. The van der Waals surface area contributed by atoms with Gasteiger partial charge in [-0.2, -0.15) is 9.84 Å². The summed E-state index contributed by atoms with van der Waals surface area (Å²) in [6.07, 6.45) is 7.72. The maximum atomic E-state index is 13.3. The number of hydrogen-bond acceptors (Lipinski definition) is 7. The van der Waals surface area contributed by atoms with Crippen LogP contribution in [-0.2, 0) is 25.4 Å². The van der Waals surface area contributed by atoms with Gasteiger partial charge in [-0.05, 0) is 49.6 Å². The molecule has 1 aromatic carbocycles. The maximum absolute atomic E-state index is 13.3. The summed E-state index contributed by atoms with van der Waals surface area (Å²) in [5, 5.41) is 9.77. The fourth-order valence-electron chi connectivity index (χ4n) is 5.20. The van der Waals surface area contributed by atoms with E-state index in [2.05, 4.69) is 20.7 Å². The number of nitrogens with one attached hydrogen (secondary N) is 2. The van der Waals surface area contributed by atoms with Gasteiger partial charge in [0.1, 0.15) is 11.5 Å². The van der Waals surface area contributed by atoms with E-state index in [9.17, 15) is 19.2 Å². The highest BCUT2D eigenvalue weighted by Crippen LogP contribution is 2.31. The zero-order valence-electron chi connectivity index (χ0n) is 23.2. The molecule has 0 unspecified atom stereocenters. The number of amides is 3. The zero-order valence-corrected chi connectivity index (χ0v) is 23.2. The predicted octanol–water partition coefficient (Wildman–Crippen LogP) is 3.22. The van der Waals surface area contributed by atoms with Crippen LogP contribution in [0, 0.1) is 6.92 Å². The van der Waals surface area contributed by atoms with Crippen molar-refractivity contribution in [2.24, 2.45) is 14.1 Å². The van der Waals surface area contributed by atoms with Crippen LogP contribution in [0.3, 0.4) is 0 Å². The number of nitrogens with zero attached hydrogens (tertiary/aromatic N) is 5. The molecule has 12 nitrogen and oxygen atoms in total. The second-order valence-electron chi connectivity index (χ2n) is 10.1. The summed E-state index contributed by atoms with van der Waals surface area (Å²) in [7, 11) is 3.31. The molecule has 6 rings (SSSR count). The quantitative estimate of drug-likeness (QED) is 0.365. The number of anilines is 2. The summed E-state index contributed by atoms with van der Waals surface area (Å²) in [5.41, 5.74) is 3.58. The minimum absolute atomic E-state index is 0.146. The van der Waals surface area contributed by atoms with Crippen LogP contribution in [0.2, 0.25) is 0 Å². The van der Waals surface area contributed by atoms with Gasteiger partial charge in [-0.15, -0.1) is 0 Å². The molecule has 3 amide bonds. The summed E-state index contributed by atoms with van der Waals surface area (Å²) in [5.74, 6) is -0.0963. The first-order valence-corrected chi connectivity index (χ1v) is 13.3. The van der Waals surface area contributed by atoms with Gasteiger partial charge in [-0.1, -0.05) is 18.2 Å². The number of allylic oxidation sites excluding steroid dienone is 2. The van der Waals surface area contributed by atoms with E-state index in [1.165, 1.54) is 10.9 Å². The number of carbonyl (C=O) groups is 3. The Bertz CT molecular complexity index is 1870. The Morgan fingerprint density at radius 1 is 1.00 bits per heavy atom. The number of aromatic nitrogens is 4. The second kappa shape index (κ2) is 10.5. The fourth-order valence-corrected chi connectivity index (χ4v) is 5.20. The van der Waals surface area contributed by atoms with Crippen LogP contribution in [-0.4, -0.2) is 37.2 Å². The van der Waals surface area contributed by atoms with Crippen molar-refractivity contribution < 1.29 is 18.9 Å². The van der Waals surface area contributed by atoms with E-state index in [1.54, 1.807) is 85.3 Å². The van der Waals surface area contributed by atoms with Crippen LogP contribution in [0.25, 0.3) is 11.1 Å². The lowest BCUT2D eigenvalue weighted by Crippen LogP contribution is -2.27. The van der Waals surface area contributed by atoms with Crippen LogP contribution < -0.4 is 21.1 Å². The highest BCUT2D eigenvalue weighted by molar-refractivity contribution is 6.12. The normalized spacial score (nSPS) is 14.4. The number of pyridine rings is 1. The van der Waals surface area contributed by atoms with E-state index >= 15 is 0 Å². The standard InChI is InChI=1S/C30H27N7O5/c1-17-25(30(41)36(3)42-17)18-7-9-21(10-8-18)37-16-23-22(29(37)40)11-13-31-26(23)28(39)32-20-6-4-5-19(15-20)27(38)33-24-12-14-35(2)34-24/h5,7-15H,4,6,16H2,1-3H3,(H,32,39)(H,33,34,38). The molecule has 0 saturated carbocycles. The van der Waals surface area contributed by atoms with Crippen LogP contribution in [0.5, 0.6) is 0 Å².